The maximum atomic E-state index is 14.8. The van der Waals surface area contributed by atoms with Gasteiger partial charge in [0.25, 0.3) is 23.6 Å². The van der Waals surface area contributed by atoms with E-state index in [0.717, 1.165) is 49.3 Å². The summed E-state index contributed by atoms with van der Waals surface area (Å²) in [5.41, 5.74) is 12.0. The van der Waals surface area contributed by atoms with Crippen molar-refractivity contribution in [1.29, 1.82) is 0 Å². The van der Waals surface area contributed by atoms with E-state index in [1.54, 1.807) is 30.3 Å². The number of hydrogen-bond donors (Lipinski definition) is 0. The number of aromatic nitrogens is 2. The standard InChI is InChI=1S/C62H60N4O4/c1-59(2,3)35-19-27-47-43(31-35)44-32-36(60(4,5)6)20-28-48(44)65(47)51-17-13-15-41-53(51)57(69)63(55(41)67)39-23-25-40(26-24-39)64-56(68)42-16-14-18-52(54(42)58(64)70)66-49-29-21-37(61(7,8)9)33-45(49)46-34-38(62(10,11)12)22-30-50(46)66/h13,15-17,19-34H,14,18H2,1-12H3. The highest BCUT2D eigenvalue weighted by molar-refractivity contribution is 6.39. The number of rotatable bonds is 4. The molecular weight excluding hydrogens is 865 g/mol. The van der Waals surface area contributed by atoms with Crippen LogP contribution in [-0.4, -0.2) is 32.8 Å². The quantitative estimate of drug-likeness (QED) is 0.165. The summed E-state index contributed by atoms with van der Waals surface area (Å²) in [4.78, 5) is 60.9. The first-order valence-electron chi connectivity index (χ1n) is 24.6. The van der Waals surface area contributed by atoms with Gasteiger partial charge in [-0.15, -0.1) is 0 Å². The third-order valence-corrected chi connectivity index (χ3v) is 14.9. The lowest BCUT2D eigenvalue weighted by atomic mass is 9.85. The molecule has 1 aliphatic carbocycles. The minimum atomic E-state index is -0.439. The van der Waals surface area contributed by atoms with Gasteiger partial charge in [-0.1, -0.05) is 119 Å². The number of amides is 4. The SMILES string of the molecule is CC(C)(C)c1ccc2c(c1)c1cc(C(C)(C)C)ccc1n2C1=C2C(=O)N(c3ccc(N4C(=O)c5cccc(-n6c7ccc(C(C)(C)C)cc7c7cc(C(C)(C)C)ccc76)c5C4=O)cc3)C(=O)C2=CCC1. The summed E-state index contributed by atoms with van der Waals surface area (Å²) in [6.45, 7) is 26.5. The predicted molar refractivity (Wildman–Crippen MR) is 286 cm³/mol. The van der Waals surface area contributed by atoms with Crippen LogP contribution >= 0.6 is 0 Å². The molecule has 8 aromatic rings. The van der Waals surface area contributed by atoms with Crippen molar-refractivity contribution in [2.45, 2.75) is 118 Å². The number of imide groups is 2. The number of fused-ring (bicyclic) bond motifs is 8. The second kappa shape index (κ2) is 15.1. The predicted octanol–water partition coefficient (Wildman–Crippen LogP) is 14.4. The summed E-state index contributed by atoms with van der Waals surface area (Å²) in [6.07, 6.45) is 3.07. The molecular formula is C62H60N4O4. The number of allylic oxidation sites excluding steroid dienone is 2. The van der Waals surface area contributed by atoms with E-state index in [2.05, 4.69) is 165 Å². The number of hydrogen-bond acceptors (Lipinski definition) is 4. The van der Waals surface area contributed by atoms with Crippen molar-refractivity contribution >= 4 is 84.3 Å². The molecule has 0 saturated carbocycles. The maximum Gasteiger partial charge on any atom is 0.268 e. The number of carbonyl (C=O) groups excluding carboxylic acids is 4. The fourth-order valence-corrected chi connectivity index (χ4v) is 10.9. The van der Waals surface area contributed by atoms with E-state index in [1.165, 1.54) is 32.1 Å². The Morgan fingerprint density at radius 3 is 1.23 bits per heavy atom. The first kappa shape index (κ1) is 45.1. The third-order valence-electron chi connectivity index (χ3n) is 14.9. The van der Waals surface area contributed by atoms with E-state index < -0.39 is 23.6 Å². The van der Waals surface area contributed by atoms with Crippen molar-refractivity contribution in [3.8, 4) is 5.69 Å². The zero-order valence-corrected chi connectivity index (χ0v) is 42.4. The van der Waals surface area contributed by atoms with Gasteiger partial charge in [-0.05, 0) is 142 Å². The number of nitrogens with zero attached hydrogens (tertiary/aromatic N) is 4. The summed E-state index contributed by atoms with van der Waals surface area (Å²) >= 11 is 0. The van der Waals surface area contributed by atoms with E-state index in [9.17, 15) is 19.2 Å². The van der Waals surface area contributed by atoms with Crippen LogP contribution in [0.25, 0.3) is 55.0 Å². The van der Waals surface area contributed by atoms with E-state index >= 15 is 0 Å². The topological polar surface area (TPSA) is 84.6 Å². The average molecular weight is 925 g/mol. The van der Waals surface area contributed by atoms with Gasteiger partial charge in [0.2, 0.25) is 0 Å². The highest BCUT2D eigenvalue weighted by atomic mass is 16.2. The lowest BCUT2D eigenvalue weighted by Crippen LogP contribution is -2.31. The van der Waals surface area contributed by atoms with Gasteiger partial charge in [-0.3, -0.25) is 19.2 Å². The van der Waals surface area contributed by atoms with E-state index in [0.29, 0.717) is 52.2 Å². The average Bonchev–Trinajstić information content (AvgIpc) is 3.98. The Morgan fingerprint density at radius 1 is 0.414 bits per heavy atom. The van der Waals surface area contributed by atoms with Crippen LogP contribution in [0.3, 0.4) is 0 Å². The molecule has 2 aliphatic heterocycles. The van der Waals surface area contributed by atoms with Crippen molar-refractivity contribution in [3.63, 3.8) is 0 Å². The van der Waals surface area contributed by atoms with Gasteiger partial charge in [-0.2, -0.15) is 0 Å². The van der Waals surface area contributed by atoms with Crippen molar-refractivity contribution in [3.05, 3.63) is 166 Å². The Balaban J connectivity index is 0.970. The fraction of sp³-hybridized carbons (Fsp3) is 0.290. The minimum absolute atomic E-state index is 0.0689. The molecule has 8 heteroatoms. The van der Waals surface area contributed by atoms with E-state index in [1.807, 2.05) is 18.2 Å². The van der Waals surface area contributed by atoms with Crippen LogP contribution in [0, 0.1) is 0 Å². The van der Waals surface area contributed by atoms with Gasteiger partial charge in [0.15, 0.2) is 0 Å². The lowest BCUT2D eigenvalue weighted by molar-refractivity contribution is -0.119. The molecule has 0 bridgehead atoms. The summed E-state index contributed by atoms with van der Waals surface area (Å²) in [6, 6.07) is 38.4. The van der Waals surface area contributed by atoms with Crippen LogP contribution in [0.2, 0.25) is 0 Å². The molecule has 0 atom stereocenters. The van der Waals surface area contributed by atoms with Crippen molar-refractivity contribution in [1.82, 2.24) is 9.13 Å². The lowest BCUT2D eigenvalue weighted by Gasteiger charge is -2.21. The Labute approximate surface area is 409 Å². The van der Waals surface area contributed by atoms with Crippen LogP contribution in [0.15, 0.2) is 132 Å². The van der Waals surface area contributed by atoms with Gasteiger partial charge < -0.3 is 9.13 Å². The third kappa shape index (κ3) is 6.77. The molecule has 6 aromatic carbocycles. The molecule has 0 N–H and O–H groups in total. The number of carbonyl (C=O) groups is 4. The largest absolute Gasteiger partial charge is 0.312 e. The molecule has 3 aliphatic rings. The monoisotopic (exact) mass is 924 g/mol. The van der Waals surface area contributed by atoms with Gasteiger partial charge in [0.1, 0.15) is 0 Å². The minimum Gasteiger partial charge on any atom is -0.312 e. The van der Waals surface area contributed by atoms with Crippen LogP contribution in [-0.2, 0) is 31.2 Å². The Bertz CT molecular complexity index is 3570. The normalized spacial score (nSPS) is 16.0. The molecule has 70 heavy (non-hydrogen) atoms. The van der Waals surface area contributed by atoms with Gasteiger partial charge in [0, 0.05) is 27.2 Å². The molecule has 8 nitrogen and oxygen atoms in total. The Morgan fingerprint density at radius 2 is 0.814 bits per heavy atom. The van der Waals surface area contributed by atoms with Crippen LogP contribution in [0.1, 0.15) is 139 Å². The van der Waals surface area contributed by atoms with E-state index in [-0.39, 0.29) is 21.7 Å². The molecule has 0 unspecified atom stereocenters. The zero-order valence-electron chi connectivity index (χ0n) is 42.4. The Hall–Kier alpha value is -7.32. The summed E-state index contributed by atoms with van der Waals surface area (Å²) < 4.78 is 4.32. The molecule has 352 valence electrons. The zero-order chi connectivity index (χ0) is 49.7. The van der Waals surface area contributed by atoms with Crippen LogP contribution < -0.4 is 9.80 Å². The summed E-state index contributed by atoms with van der Waals surface area (Å²) in [7, 11) is 0. The second-order valence-corrected chi connectivity index (χ2v) is 23.7. The maximum absolute atomic E-state index is 14.8. The first-order chi connectivity index (χ1) is 32.9. The molecule has 4 heterocycles. The Kier molecular flexibility index (Phi) is 9.73. The molecule has 2 aromatic heterocycles. The fourth-order valence-electron chi connectivity index (χ4n) is 10.9. The second-order valence-electron chi connectivity index (χ2n) is 23.7. The smallest absolute Gasteiger partial charge is 0.268 e. The molecule has 1 saturated heterocycles. The highest BCUT2D eigenvalue weighted by Gasteiger charge is 2.44. The van der Waals surface area contributed by atoms with Gasteiger partial charge >= 0.3 is 0 Å². The molecule has 11 rings (SSSR count). The van der Waals surface area contributed by atoms with E-state index in [4.69, 9.17) is 0 Å². The van der Waals surface area contributed by atoms with Crippen molar-refractivity contribution < 1.29 is 19.2 Å². The van der Waals surface area contributed by atoms with Crippen molar-refractivity contribution in [2.24, 2.45) is 0 Å². The van der Waals surface area contributed by atoms with Crippen LogP contribution in [0.4, 0.5) is 11.4 Å². The molecule has 0 spiro atoms. The van der Waals surface area contributed by atoms with Gasteiger partial charge in [0.05, 0.1) is 61.4 Å². The summed E-state index contributed by atoms with van der Waals surface area (Å²) in [5.74, 6) is -1.66. The highest BCUT2D eigenvalue weighted by Crippen LogP contribution is 2.45. The summed E-state index contributed by atoms with van der Waals surface area (Å²) in [5, 5.41) is 4.39. The number of anilines is 2. The first-order valence-corrected chi connectivity index (χ1v) is 24.6. The molecule has 0 radical (unpaired) electrons. The molecule has 1 fully saturated rings. The molecule has 4 amide bonds. The van der Waals surface area contributed by atoms with Crippen molar-refractivity contribution in [2.75, 3.05) is 9.80 Å². The van der Waals surface area contributed by atoms with Crippen LogP contribution in [0.5, 0.6) is 0 Å². The number of benzene rings is 6. The van der Waals surface area contributed by atoms with Gasteiger partial charge in [-0.25, -0.2) is 9.80 Å².